The van der Waals surface area contributed by atoms with Gasteiger partial charge in [-0.3, -0.25) is 14.5 Å². The Labute approximate surface area is 218 Å². The summed E-state index contributed by atoms with van der Waals surface area (Å²) < 4.78 is 58.6. The molecule has 38 heavy (non-hydrogen) atoms. The summed E-state index contributed by atoms with van der Waals surface area (Å²) in [5, 5.41) is 2.14. The number of likely N-dealkylation sites (tertiary alicyclic amines) is 1. The van der Waals surface area contributed by atoms with Crippen LogP contribution in [0.2, 0.25) is 0 Å². The molecule has 2 saturated carbocycles. The van der Waals surface area contributed by atoms with E-state index < -0.39 is 30.0 Å². The quantitative estimate of drug-likeness (QED) is 0.410. The Kier molecular flexibility index (Phi) is 7.25. The second-order valence-electron chi connectivity index (χ2n) is 10.7. The molecular weight excluding hydrogens is 504 g/mol. The summed E-state index contributed by atoms with van der Waals surface area (Å²) in [6.07, 6.45) is 0.638. The molecule has 1 amide bonds. The van der Waals surface area contributed by atoms with E-state index in [-0.39, 0.29) is 42.9 Å². The number of hydrogen-bond acceptors (Lipinski definition) is 6. The van der Waals surface area contributed by atoms with E-state index in [0.717, 1.165) is 19.3 Å². The molecule has 6 atom stereocenters. The van der Waals surface area contributed by atoms with Gasteiger partial charge in [0.05, 0.1) is 37.7 Å². The number of Topliss-reactive ketones (excluding diaryl/α,β-unsaturated/α-hetero) is 1. The number of nitrogens with one attached hydrogen (secondary N) is 1. The molecule has 3 fully saturated rings. The predicted molar refractivity (Wildman–Crippen MR) is 129 cm³/mol. The van der Waals surface area contributed by atoms with Gasteiger partial charge >= 0.3 is 12.1 Å². The highest BCUT2D eigenvalue weighted by molar-refractivity contribution is 5.97. The van der Waals surface area contributed by atoms with Crippen LogP contribution in [-0.4, -0.2) is 70.1 Å². The van der Waals surface area contributed by atoms with Crippen molar-refractivity contribution in [3.05, 3.63) is 59.9 Å². The van der Waals surface area contributed by atoms with E-state index >= 15 is 0 Å². The minimum atomic E-state index is -5.00. The molecule has 0 unspecified atom stereocenters. The van der Waals surface area contributed by atoms with Gasteiger partial charge in [0.1, 0.15) is 5.82 Å². The number of ether oxygens (including phenoxy) is 1. The summed E-state index contributed by atoms with van der Waals surface area (Å²) >= 11 is 0. The Balaban J connectivity index is 1.25. The van der Waals surface area contributed by atoms with Crippen LogP contribution in [0.4, 0.5) is 17.6 Å². The van der Waals surface area contributed by atoms with E-state index in [0.29, 0.717) is 23.7 Å². The van der Waals surface area contributed by atoms with Gasteiger partial charge in [0, 0.05) is 23.1 Å². The monoisotopic (exact) mass is 534 g/mol. The molecule has 11 heteroatoms. The van der Waals surface area contributed by atoms with Gasteiger partial charge in [0.15, 0.2) is 11.6 Å². The molecule has 1 N–H and O–H groups in total. The van der Waals surface area contributed by atoms with Crippen molar-refractivity contribution in [1.82, 2.24) is 20.2 Å². The van der Waals surface area contributed by atoms with Gasteiger partial charge in [0.25, 0.3) is 0 Å². The fourth-order valence-electron chi connectivity index (χ4n) is 6.18. The number of carbonyl (C=O) groups excluding carboxylic acids is 2. The molecule has 2 aromatic rings. The number of fused-ring (bicyclic) bond motifs is 1. The molecule has 204 valence electrons. The summed E-state index contributed by atoms with van der Waals surface area (Å²) in [7, 11) is 0. The number of amides is 1. The van der Waals surface area contributed by atoms with Gasteiger partial charge in [0.2, 0.25) is 0 Å². The van der Waals surface area contributed by atoms with Gasteiger partial charge in [-0.15, -0.1) is 0 Å². The number of carbonyl (C=O) groups is 2. The van der Waals surface area contributed by atoms with Gasteiger partial charge in [-0.05, 0) is 44.9 Å². The van der Waals surface area contributed by atoms with Crippen LogP contribution in [0.3, 0.4) is 0 Å². The first-order valence-corrected chi connectivity index (χ1v) is 12.9. The number of benzene rings is 1. The van der Waals surface area contributed by atoms with E-state index in [1.54, 1.807) is 30.3 Å². The van der Waals surface area contributed by atoms with Crippen LogP contribution in [0.1, 0.15) is 55.2 Å². The first-order valence-electron chi connectivity index (χ1n) is 12.9. The van der Waals surface area contributed by atoms with Crippen LogP contribution in [-0.2, 0) is 14.9 Å². The van der Waals surface area contributed by atoms with Crippen molar-refractivity contribution < 1.29 is 31.9 Å². The lowest BCUT2D eigenvalue weighted by molar-refractivity contribution is -0.174. The third kappa shape index (κ3) is 5.44. The van der Waals surface area contributed by atoms with Crippen LogP contribution < -0.4 is 5.32 Å². The Bertz CT molecular complexity index is 1160. The van der Waals surface area contributed by atoms with Crippen LogP contribution in [0.25, 0.3) is 0 Å². The number of nitrogens with zero attached hydrogens (tertiary/aromatic N) is 3. The average molecular weight is 535 g/mol. The number of rotatable bonds is 8. The molecule has 2 aliphatic carbocycles. The van der Waals surface area contributed by atoms with Crippen LogP contribution >= 0.6 is 0 Å². The maximum absolute atomic E-state index is 13.3. The minimum Gasteiger partial charge on any atom is -0.377 e. The summed E-state index contributed by atoms with van der Waals surface area (Å²) in [6.45, 7) is 1.94. The summed E-state index contributed by atoms with van der Waals surface area (Å²) in [5.74, 6) is -1.67. The molecule has 0 radical (unpaired) electrons. The Hall–Kier alpha value is -2.92. The molecule has 0 spiro atoms. The third-order valence-corrected chi connectivity index (χ3v) is 8.31. The van der Waals surface area contributed by atoms with Crippen molar-refractivity contribution in [2.75, 3.05) is 13.2 Å². The van der Waals surface area contributed by atoms with Gasteiger partial charge in [-0.2, -0.15) is 13.2 Å². The molecule has 3 aliphatic rings. The summed E-state index contributed by atoms with van der Waals surface area (Å²) in [4.78, 5) is 34.9. The van der Waals surface area contributed by atoms with Gasteiger partial charge in [-0.1, -0.05) is 30.3 Å². The fraction of sp³-hybridized carbons (Fsp3) is 0.556. The molecule has 1 aromatic heterocycles. The first kappa shape index (κ1) is 26.7. The lowest BCUT2D eigenvalue weighted by Gasteiger charge is -2.33. The van der Waals surface area contributed by atoms with E-state index in [4.69, 9.17) is 4.74 Å². The van der Waals surface area contributed by atoms with E-state index in [9.17, 15) is 27.2 Å². The SMILES string of the molecule is C[C@@H]1C[C@H](NC(=O)C(F)(F)F)[C@H](CO[C@H]2CC[C@@]3(c4ncc(F)cn4)C[C@H]3C2)N1CC(=O)c1ccccc1. The topological polar surface area (TPSA) is 84.4 Å². The third-order valence-electron chi connectivity index (χ3n) is 8.31. The van der Waals surface area contributed by atoms with E-state index in [1.807, 2.05) is 11.8 Å². The Morgan fingerprint density at radius 1 is 1.16 bits per heavy atom. The standard InChI is InChI=1S/C27H30F4N4O3/c1-16-9-21(34-25(37)27(29,30)31)22(35(16)14-23(36)17-5-3-2-4-6-17)15-38-20-7-8-26(11-18(26)10-20)24-32-12-19(28)13-33-24/h2-6,12-13,16,18,20-22H,7-11,14-15H2,1H3,(H,34,37)/t16-,18-,20+,21+,22+,26-/m1/s1. The molecule has 7 nitrogen and oxygen atoms in total. The summed E-state index contributed by atoms with van der Waals surface area (Å²) in [6, 6.07) is 7.09. The van der Waals surface area contributed by atoms with Crippen molar-refractivity contribution in [1.29, 1.82) is 0 Å². The van der Waals surface area contributed by atoms with E-state index in [2.05, 4.69) is 15.3 Å². The number of alkyl halides is 3. The molecule has 2 heterocycles. The second kappa shape index (κ2) is 10.3. The first-order chi connectivity index (χ1) is 18.1. The lowest BCUT2D eigenvalue weighted by atomic mass is 9.86. The number of aromatic nitrogens is 2. The van der Waals surface area contributed by atoms with Gasteiger partial charge < -0.3 is 10.1 Å². The van der Waals surface area contributed by atoms with Crippen LogP contribution in [0, 0.1) is 11.7 Å². The average Bonchev–Trinajstić information content (AvgIpc) is 3.55. The zero-order valence-electron chi connectivity index (χ0n) is 21.0. The molecule has 1 aromatic carbocycles. The number of ketones is 1. The largest absolute Gasteiger partial charge is 0.471 e. The van der Waals surface area contributed by atoms with Crippen molar-refractivity contribution in [3.63, 3.8) is 0 Å². The summed E-state index contributed by atoms with van der Waals surface area (Å²) in [5.41, 5.74) is 0.356. The predicted octanol–water partition coefficient (Wildman–Crippen LogP) is 3.84. The molecule has 1 aliphatic heterocycles. The second-order valence-corrected chi connectivity index (χ2v) is 10.7. The molecular formula is C27H30F4N4O3. The molecule has 5 rings (SSSR count). The normalized spacial score (nSPS) is 31.0. The van der Waals surface area contributed by atoms with Crippen LogP contribution in [0.5, 0.6) is 0 Å². The zero-order chi connectivity index (χ0) is 27.1. The van der Waals surface area contributed by atoms with Crippen molar-refractivity contribution >= 4 is 11.7 Å². The Morgan fingerprint density at radius 2 is 1.87 bits per heavy atom. The molecule has 0 bridgehead atoms. The Morgan fingerprint density at radius 3 is 2.53 bits per heavy atom. The minimum absolute atomic E-state index is 0.00982. The van der Waals surface area contributed by atoms with Gasteiger partial charge in [-0.25, -0.2) is 14.4 Å². The van der Waals surface area contributed by atoms with Crippen molar-refractivity contribution in [3.8, 4) is 0 Å². The number of halogens is 4. The highest BCUT2D eigenvalue weighted by atomic mass is 19.4. The lowest BCUT2D eigenvalue weighted by Crippen LogP contribution is -2.52. The molecule has 1 saturated heterocycles. The zero-order valence-corrected chi connectivity index (χ0v) is 21.0. The smallest absolute Gasteiger partial charge is 0.377 e. The van der Waals surface area contributed by atoms with Crippen molar-refractivity contribution in [2.24, 2.45) is 5.92 Å². The van der Waals surface area contributed by atoms with Crippen molar-refractivity contribution in [2.45, 2.75) is 74.8 Å². The maximum atomic E-state index is 13.3. The number of hydrogen-bond donors (Lipinski definition) is 1. The van der Waals surface area contributed by atoms with Crippen LogP contribution in [0.15, 0.2) is 42.7 Å². The highest BCUT2D eigenvalue weighted by Gasteiger charge is 2.60. The fourth-order valence-corrected chi connectivity index (χ4v) is 6.18. The highest BCUT2D eigenvalue weighted by Crippen LogP contribution is 2.61. The maximum Gasteiger partial charge on any atom is 0.471 e. The van der Waals surface area contributed by atoms with E-state index in [1.165, 1.54) is 12.4 Å².